The highest BCUT2D eigenvalue weighted by Gasteiger charge is 2.36. The van der Waals surface area contributed by atoms with Crippen molar-refractivity contribution in [2.75, 3.05) is 26.7 Å². The van der Waals surface area contributed by atoms with Gasteiger partial charge in [-0.15, -0.1) is 0 Å². The molecule has 43 heavy (non-hydrogen) atoms. The summed E-state index contributed by atoms with van der Waals surface area (Å²) >= 11 is 0. The number of hydrogen-bond donors (Lipinski definition) is 4. The van der Waals surface area contributed by atoms with Crippen LogP contribution in [0.5, 0.6) is 0 Å². The Labute approximate surface area is 252 Å². The number of likely N-dealkylation sites (N-methyl/N-ethyl adjacent to an activating group) is 1. The fourth-order valence-electron chi connectivity index (χ4n) is 5.58. The van der Waals surface area contributed by atoms with Crippen LogP contribution < -0.4 is 10.6 Å². The van der Waals surface area contributed by atoms with Crippen LogP contribution in [-0.2, 0) is 20.3 Å². The van der Waals surface area contributed by atoms with Gasteiger partial charge in [-0.25, -0.2) is 0 Å². The summed E-state index contributed by atoms with van der Waals surface area (Å²) in [5.74, 6) is 0.210. The van der Waals surface area contributed by atoms with E-state index in [9.17, 15) is 13.9 Å². The van der Waals surface area contributed by atoms with Crippen molar-refractivity contribution in [2.24, 2.45) is 5.92 Å². The minimum Gasteiger partial charge on any atom is -0.361 e. The van der Waals surface area contributed by atoms with E-state index in [0.29, 0.717) is 11.3 Å². The second-order valence-corrected chi connectivity index (χ2v) is 13.3. The maximum Gasteiger partial charge on any atom is 0.356 e. The average molecular weight is 624 g/mol. The van der Waals surface area contributed by atoms with Gasteiger partial charge in [0.1, 0.15) is 0 Å². The van der Waals surface area contributed by atoms with E-state index in [0.717, 1.165) is 26.1 Å². The Bertz CT molecular complexity index is 1630. The normalized spacial score (nSPS) is 18.2. The summed E-state index contributed by atoms with van der Waals surface area (Å²) < 4.78 is 20.9. The Kier molecular flexibility index (Phi) is 11.0. The van der Waals surface area contributed by atoms with Crippen molar-refractivity contribution < 1.29 is 28.6 Å². The first-order valence-corrected chi connectivity index (χ1v) is 17.2. The predicted octanol–water partition coefficient (Wildman–Crippen LogP) is 4.17. The Hall–Kier alpha value is -3.29. The standard InChI is InChI=1S/C20H25N3O.C6H7O3P.C6H7O2P/c1-4-23(5-2)20(24)14-9-16-15-7-6-8-17-19(15)13(11-21-17)10-18(16)22(3)12-14;7-10(8,9)6-4-2-1-3-5-6;7-9(8)6-4-2-1-3-5-6/h6-9,11,14,18,21H,4-5,10,12H2,1-3H3;1-5H,(H2,7,8,9);1-5,9H,(H,7,8)/t14-,18-;;/m1../s1. The lowest BCUT2D eigenvalue weighted by Crippen LogP contribution is -2.47. The Balaban J connectivity index is 0.000000183. The number of nitrogens with zero attached hydrogens (tertiary/aromatic N) is 2. The number of carbonyl (C=O) groups is 1. The summed E-state index contributed by atoms with van der Waals surface area (Å²) in [7, 11) is -4.33. The van der Waals surface area contributed by atoms with Gasteiger partial charge in [0.05, 0.1) is 11.2 Å². The molecule has 0 saturated heterocycles. The molecule has 0 fully saturated rings. The molecule has 4 N–H and O–H groups in total. The number of benzene rings is 3. The van der Waals surface area contributed by atoms with E-state index >= 15 is 0 Å². The maximum absolute atomic E-state index is 12.9. The highest BCUT2D eigenvalue weighted by atomic mass is 31.2. The summed E-state index contributed by atoms with van der Waals surface area (Å²) in [6.45, 7) is 6.47. The van der Waals surface area contributed by atoms with Crippen molar-refractivity contribution in [1.29, 1.82) is 0 Å². The molecule has 2 heterocycles. The van der Waals surface area contributed by atoms with Gasteiger partial charge in [0, 0.05) is 48.1 Å². The van der Waals surface area contributed by atoms with Crippen LogP contribution in [-0.4, -0.2) is 68.1 Å². The lowest BCUT2D eigenvalue weighted by atomic mass is 9.79. The quantitative estimate of drug-likeness (QED) is 0.245. The lowest BCUT2D eigenvalue weighted by molar-refractivity contribution is -0.134. The number of carbonyl (C=O) groups excluding carboxylic acids is 1. The third-order valence-corrected chi connectivity index (χ3v) is 9.57. The van der Waals surface area contributed by atoms with E-state index in [4.69, 9.17) is 14.7 Å². The topological polar surface area (TPSA) is 134 Å². The molecule has 2 aliphatic rings. The third kappa shape index (κ3) is 7.81. The molecule has 3 atom stereocenters. The minimum atomic E-state index is -4.02. The molecule has 228 valence electrons. The molecule has 0 bridgehead atoms. The van der Waals surface area contributed by atoms with Crippen molar-refractivity contribution in [1.82, 2.24) is 14.8 Å². The first-order chi connectivity index (χ1) is 20.5. The Morgan fingerprint density at radius 1 is 1.00 bits per heavy atom. The second-order valence-electron chi connectivity index (χ2n) is 10.5. The van der Waals surface area contributed by atoms with Gasteiger partial charge in [-0.3, -0.25) is 18.8 Å². The SMILES string of the molecule is CCN(CC)C(=O)[C@@H]1C=C2c3cccc4[nH]cc(c34)C[C@H]2N(C)C1.O=P(O)(O)c1ccccc1.O=[PH](O)c1ccccc1. The van der Waals surface area contributed by atoms with Crippen molar-refractivity contribution in [2.45, 2.75) is 26.3 Å². The van der Waals surface area contributed by atoms with Crippen LogP contribution in [0.3, 0.4) is 0 Å². The monoisotopic (exact) mass is 623 g/mol. The summed E-state index contributed by atoms with van der Waals surface area (Å²) in [5.41, 5.74) is 5.21. The minimum absolute atomic E-state index is 0.0445. The van der Waals surface area contributed by atoms with Crippen LogP contribution in [0, 0.1) is 5.92 Å². The van der Waals surface area contributed by atoms with Gasteiger partial charge < -0.3 is 24.6 Å². The van der Waals surface area contributed by atoms with Gasteiger partial charge in [0.25, 0.3) is 0 Å². The molecule has 1 amide bonds. The van der Waals surface area contributed by atoms with E-state index in [1.807, 2.05) is 11.0 Å². The molecular formula is C32H39N3O6P2. The zero-order chi connectivity index (χ0) is 31.1. The summed E-state index contributed by atoms with van der Waals surface area (Å²) in [4.78, 5) is 46.3. The number of amides is 1. The van der Waals surface area contributed by atoms with E-state index in [-0.39, 0.29) is 17.1 Å². The van der Waals surface area contributed by atoms with E-state index < -0.39 is 15.6 Å². The molecular weight excluding hydrogens is 584 g/mol. The molecule has 1 aromatic heterocycles. The van der Waals surface area contributed by atoms with Gasteiger partial charge >= 0.3 is 7.60 Å². The molecule has 11 heteroatoms. The van der Waals surface area contributed by atoms with Gasteiger partial charge in [0.2, 0.25) is 13.9 Å². The number of nitrogens with one attached hydrogen (secondary N) is 1. The number of aromatic nitrogens is 1. The number of hydrogen-bond acceptors (Lipinski definition) is 4. The van der Waals surface area contributed by atoms with Crippen LogP contribution in [0.4, 0.5) is 0 Å². The predicted molar refractivity (Wildman–Crippen MR) is 173 cm³/mol. The van der Waals surface area contributed by atoms with Gasteiger partial charge in [-0.2, -0.15) is 0 Å². The van der Waals surface area contributed by atoms with E-state index in [1.54, 1.807) is 42.5 Å². The lowest BCUT2D eigenvalue weighted by Gasteiger charge is -2.40. The molecule has 6 rings (SSSR count). The molecule has 1 unspecified atom stereocenters. The zero-order valence-electron chi connectivity index (χ0n) is 24.6. The van der Waals surface area contributed by atoms with Gasteiger partial charge in [-0.1, -0.05) is 54.6 Å². The molecule has 3 aromatic carbocycles. The van der Waals surface area contributed by atoms with Crippen LogP contribution >= 0.6 is 15.6 Å². The van der Waals surface area contributed by atoms with Crippen LogP contribution in [0.1, 0.15) is 25.0 Å². The van der Waals surface area contributed by atoms with Gasteiger partial charge in [0.15, 0.2) is 0 Å². The first kappa shape index (κ1) is 32.6. The van der Waals surface area contributed by atoms with Crippen LogP contribution in [0.15, 0.2) is 91.1 Å². The molecule has 9 nitrogen and oxygen atoms in total. The van der Waals surface area contributed by atoms with Crippen LogP contribution in [0.25, 0.3) is 16.5 Å². The number of aromatic amines is 1. The number of fused-ring (bicyclic) bond motifs is 2. The second kappa shape index (κ2) is 14.5. The first-order valence-electron chi connectivity index (χ1n) is 14.2. The third-order valence-electron chi connectivity index (χ3n) is 7.77. The van der Waals surface area contributed by atoms with E-state index in [2.05, 4.69) is 61.3 Å². The largest absolute Gasteiger partial charge is 0.361 e. The Morgan fingerprint density at radius 2 is 1.63 bits per heavy atom. The fraction of sp³-hybridized carbons (Fsp3) is 0.281. The van der Waals surface area contributed by atoms with Crippen molar-refractivity contribution in [3.8, 4) is 0 Å². The molecule has 4 aromatic rings. The Morgan fingerprint density at radius 3 is 2.16 bits per heavy atom. The molecule has 0 saturated carbocycles. The number of H-pyrrole nitrogens is 1. The molecule has 1 aliphatic carbocycles. The van der Waals surface area contributed by atoms with Gasteiger partial charge in [-0.05, 0) is 74.3 Å². The van der Waals surface area contributed by atoms with Crippen molar-refractivity contribution in [3.63, 3.8) is 0 Å². The summed E-state index contributed by atoms with van der Waals surface area (Å²) in [6, 6.07) is 23.1. The van der Waals surface area contributed by atoms with Crippen molar-refractivity contribution >= 4 is 48.6 Å². The summed E-state index contributed by atoms with van der Waals surface area (Å²) in [5, 5.41) is 1.92. The highest BCUT2D eigenvalue weighted by molar-refractivity contribution is 7.60. The van der Waals surface area contributed by atoms with Crippen molar-refractivity contribution in [3.05, 3.63) is 102 Å². The maximum atomic E-state index is 12.9. The fourth-order valence-corrected chi connectivity index (χ4v) is 6.62. The average Bonchev–Trinajstić information content (AvgIpc) is 3.43. The molecule has 1 aliphatic heterocycles. The summed E-state index contributed by atoms with van der Waals surface area (Å²) in [6.07, 6.45) is 5.41. The molecule has 0 spiro atoms. The zero-order valence-corrected chi connectivity index (χ0v) is 26.4. The van der Waals surface area contributed by atoms with Crippen LogP contribution in [0.2, 0.25) is 0 Å². The smallest absolute Gasteiger partial charge is 0.356 e. The number of rotatable bonds is 5. The highest BCUT2D eigenvalue weighted by Crippen LogP contribution is 2.41. The molecule has 0 radical (unpaired) electrons. The van der Waals surface area contributed by atoms with E-state index in [1.165, 1.54) is 39.7 Å².